The Kier molecular flexibility index (Phi) is 2.96. The molecule has 0 bridgehead atoms. The van der Waals surface area contributed by atoms with Gasteiger partial charge in [0, 0.05) is 6.04 Å². The van der Waals surface area contributed by atoms with Gasteiger partial charge in [-0.05, 0) is 24.7 Å². The van der Waals surface area contributed by atoms with Crippen molar-refractivity contribution in [2.24, 2.45) is 17.1 Å². The lowest BCUT2D eigenvalue weighted by molar-refractivity contribution is -0.143. The number of hydrogen-bond acceptors (Lipinski definition) is 3. The van der Waals surface area contributed by atoms with Gasteiger partial charge in [0.15, 0.2) is 0 Å². The Balaban J connectivity index is 2.26. The van der Waals surface area contributed by atoms with Gasteiger partial charge in [0.25, 0.3) is 0 Å². The van der Waals surface area contributed by atoms with Crippen LogP contribution in [0.25, 0.3) is 0 Å². The summed E-state index contributed by atoms with van der Waals surface area (Å²) >= 11 is 0. The van der Waals surface area contributed by atoms with E-state index in [4.69, 9.17) is 10.5 Å². The van der Waals surface area contributed by atoms with Crippen LogP contribution in [0.5, 0.6) is 0 Å². The normalized spacial score (nSPS) is 26.6. The first-order valence-electron chi connectivity index (χ1n) is 4.88. The van der Waals surface area contributed by atoms with Crippen LogP contribution < -0.4 is 5.73 Å². The van der Waals surface area contributed by atoms with Crippen molar-refractivity contribution >= 4 is 5.97 Å². The quantitative estimate of drug-likeness (QED) is 0.672. The van der Waals surface area contributed by atoms with Crippen molar-refractivity contribution in [2.75, 3.05) is 6.61 Å². The van der Waals surface area contributed by atoms with E-state index in [9.17, 15) is 4.79 Å². The van der Waals surface area contributed by atoms with E-state index in [2.05, 4.69) is 13.8 Å². The molecule has 0 aromatic carbocycles. The highest BCUT2D eigenvalue weighted by Crippen LogP contribution is 2.53. The second-order valence-corrected chi connectivity index (χ2v) is 4.47. The zero-order valence-electron chi connectivity index (χ0n) is 8.67. The Morgan fingerprint density at radius 1 is 1.69 bits per heavy atom. The minimum absolute atomic E-state index is 0.0194. The number of carbonyl (C=O) groups excluding carboxylic acids is 1. The fourth-order valence-electron chi connectivity index (χ4n) is 1.79. The van der Waals surface area contributed by atoms with Crippen molar-refractivity contribution < 1.29 is 9.53 Å². The van der Waals surface area contributed by atoms with Gasteiger partial charge in [-0.2, -0.15) is 0 Å². The van der Waals surface area contributed by atoms with Crippen LogP contribution in [0, 0.1) is 11.3 Å². The Bertz CT molecular complexity index is 201. The number of rotatable bonds is 4. The lowest BCUT2D eigenvalue weighted by Gasteiger charge is -2.12. The van der Waals surface area contributed by atoms with Gasteiger partial charge in [0.1, 0.15) is 0 Å². The molecular weight excluding hydrogens is 166 g/mol. The van der Waals surface area contributed by atoms with Crippen LogP contribution in [0.1, 0.15) is 33.6 Å². The van der Waals surface area contributed by atoms with Crippen molar-refractivity contribution in [3.05, 3.63) is 0 Å². The largest absolute Gasteiger partial charge is 0.466 e. The lowest BCUT2D eigenvalue weighted by atomic mass is 10.0. The number of hydrogen-bond donors (Lipinski definition) is 1. The molecule has 1 saturated carbocycles. The number of esters is 1. The van der Waals surface area contributed by atoms with Gasteiger partial charge in [0.2, 0.25) is 0 Å². The highest BCUT2D eigenvalue weighted by molar-refractivity contribution is 5.70. The minimum atomic E-state index is -0.169. The summed E-state index contributed by atoms with van der Waals surface area (Å²) in [5, 5.41) is 0. The van der Waals surface area contributed by atoms with Crippen molar-refractivity contribution in [2.45, 2.75) is 39.7 Å². The molecule has 3 heteroatoms. The number of ether oxygens (including phenoxy) is 1. The zero-order valence-corrected chi connectivity index (χ0v) is 8.67. The van der Waals surface area contributed by atoms with Gasteiger partial charge >= 0.3 is 5.97 Å². The zero-order chi connectivity index (χ0) is 10.1. The third-order valence-electron chi connectivity index (χ3n) is 2.81. The lowest BCUT2D eigenvalue weighted by Crippen LogP contribution is -2.28. The van der Waals surface area contributed by atoms with Crippen LogP contribution in [-0.4, -0.2) is 18.6 Å². The summed E-state index contributed by atoms with van der Waals surface area (Å²) in [6, 6.07) is -0.0194. The van der Waals surface area contributed by atoms with Crippen LogP contribution in [0.3, 0.4) is 0 Å². The Hall–Kier alpha value is -0.570. The summed E-state index contributed by atoms with van der Waals surface area (Å²) < 4.78 is 4.84. The molecule has 2 N–H and O–H groups in total. The maximum atomic E-state index is 11.1. The Morgan fingerprint density at radius 3 is 2.62 bits per heavy atom. The Morgan fingerprint density at radius 2 is 2.23 bits per heavy atom. The van der Waals surface area contributed by atoms with Crippen LogP contribution in [-0.2, 0) is 9.53 Å². The van der Waals surface area contributed by atoms with Gasteiger partial charge in [-0.15, -0.1) is 0 Å². The van der Waals surface area contributed by atoms with Crippen LogP contribution in [0.4, 0.5) is 0 Å². The SMILES string of the molecule is CCOC(=O)C[C@H](N)C1CC1(C)C. The first kappa shape index (κ1) is 10.5. The van der Waals surface area contributed by atoms with Crippen molar-refractivity contribution in [1.29, 1.82) is 0 Å². The maximum absolute atomic E-state index is 11.1. The molecule has 0 amide bonds. The first-order chi connectivity index (χ1) is 5.97. The van der Waals surface area contributed by atoms with E-state index in [1.165, 1.54) is 0 Å². The molecule has 3 nitrogen and oxygen atoms in total. The monoisotopic (exact) mass is 185 g/mol. The molecule has 0 radical (unpaired) electrons. The Labute approximate surface area is 79.6 Å². The van der Waals surface area contributed by atoms with Gasteiger partial charge in [-0.3, -0.25) is 4.79 Å². The van der Waals surface area contributed by atoms with E-state index in [0.29, 0.717) is 24.4 Å². The van der Waals surface area contributed by atoms with E-state index in [1.807, 2.05) is 6.92 Å². The summed E-state index contributed by atoms with van der Waals surface area (Å²) in [7, 11) is 0. The third kappa shape index (κ3) is 2.69. The fourth-order valence-corrected chi connectivity index (χ4v) is 1.79. The van der Waals surface area contributed by atoms with Gasteiger partial charge in [-0.25, -0.2) is 0 Å². The molecule has 0 aromatic rings. The van der Waals surface area contributed by atoms with E-state index in [1.54, 1.807) is 0 Å². The molecule has 0 spiro atoms. The summed E-state index contributed by atoms with van der Waals surface area (Å²) in [6.45, 7) is 6.62. The molecular formula is C10H19NO2. The summed E-state index contributed by atoms with van der Waals surface area (Å²) in [4.78, 5) is 11.1. The molecule has 1 fully saturated rings. The van der Waals surface area contributed by atoms with E-state index in [-0.39, 0.29) is 12.0 Å². The number of carbonyl (C=O) groups is 1. The second-order valence-electron chi connectivity index (χ2n) is 4.47. The highest BCUT2D eigenvalue weighted by atomic mass is 16.5. The molecule has 2 atom stereocenters. The van der Waals surface area contributed by atoms with Gasteiger partial charge in [0.05, 0.1) is 13.0 Å². The smallest absolute Gasteiger partial charge is 0.307 e. The standard InChI is InChI=1S/C10H19NO2/c1-4-13-9(12)5-8(11)7-6-10(7,2)3/h7-8H,4-6,11H2,1-3H3/t7?,8-/m0/s1. The molecule has 0 aromatic heterocycles. The molecule has 1 aliphatic carbocycles. The topological polar surface area (TPSA) is 52.3 Å². The van der Waals surface area contributed by atoms with Crippen LogP contribution in [0.15, 0.2) is 0 Å². The molecule has 0 saturated heterocycles. The third-order valence-corrected chi connectivity index (χ3v) is 2.81. The van der Waals surface area contributed by atoms with Gasteiger partial charge in [-0.1, -0.05) is 13.8 Å². The van der Waals surface area contributed by atoms with E-state index < -0.39 is 0 Å². The predicted molar refractivity (Wildman–Crippen MR) is 51.1 cm³/mol. The van der Waals surface area contributed by atoms with Crippen molar-refractivity contribution in [3.8, 4) is 0 Å². The predicted octanol–water partition coefficient (Wildman–Crippen LogP) is 1.31. The fraction of sp³-hybridized carbons (Fsp3) is 0.900. The highest BCUT2D eigenvalue weighted by Gasteiger charge is 2.49. The average molecular weight is 185 g/mol. The van der Waals surface area contributed by atoms with Crippen molar-refractivity contribution in [3.63, 3.8) is 0 Å². The molecule has 0 aliphatic heterocycles. The molecule has 13 heavy (non-hydrogen) atoms. The number of nitrogens with two attached hydrogens (primary N) is 1. The molecule has 0 heterocycles. The minimum Gasteiger partial charge on any atom is -0.466 e. The maximum Gasteiger partial charge on any atom is 0.307 e. The molecule has 1 unspecified atom stereocenters. The molecule has 1 rings (SSSR count). The van der Waals surface area contributed by atoms with Gasteiger partial charge < -0.3 is 10.5 Å². The second kappa shape index (κ2) is 3.66. The summed E-state index contributed by atoms with van der Waals surface area (Å²) in [5.41, 5.74) is 6.22. The molecule has 76 valence electrons. The summed E-state index contributed by atoms with van der Waals surface area (Å²) in [6.07, 6.45) is 1.50. The van der Waals surface area contributed by atoms with Crippen molar-refractivity contribution in [1.82, 2.24) is 0 Å². The molecule has 1 aliphatic rings. The van der Waals surface area contributed by atoms with Crippen LogP contribution >= 0.6 is 0 Å². The average Bonchev–Trinajstić information content (AvgIpc) is 2.60. The van der Waals surface area contributed by atoms with E-state index >= 15 is 0 Å². The summed E-state index contributed by atoms with van der Waals surface area (Å²) in [5.74, 6) is 0.328. The van der Waals surface area contributed by atoms with E-state index in [0.717, 1.165) is 6.42 Å². The van der Waals surface area contributed by atoms with Crippen LogP contribution in [0.2, 0.25) is 0 Å². The first-order valence-corrected chi connectivity index (χ1v) is 4.88.